The molecular formula is C35H43N6O10P4S2+3. The van der Waals surface area contributed by atoms with Crippen LogP contribution in [0.1, 0.15) is 22.3 Å². The number of nitrogens with zero attached hydrogens (tertiary/aromatic N) is 6. The first-order chi connectivity index (χ1) is 27.0. The molecule has 302 valence electrons. The molecule has 4 aromatic rings. The number of aliphatic imine (C=N–C) groups is 1. The second-order valence-corrected chi connectivity index (χ2v) is 19.7. The molecule has 0 radical (unpaired) electrons. The van der Waals surface area contributed by atoms with Crippen LogP contribution >= 0.6 is 29.7 Å². The molecule has 0 saturated heterocycles. The van der Waals surface area contributed by atoms with E-state index < -0.39 is 42.3 Å². The smallest absolute Gasteiger partial charge is 0.497 e. The van der Waals surface area contributed by atoms with Crippen LogP contribution in [0.25, 0.3) is 0 Å². The van der Waals surface area contributed by atoms with E-state index in [2.05, 4.69) is 15.2 Å². The van der Waals surface area contributed by atoms with Crippen LogP contribution in [0.2, 0.25) is 0 Å². The maximum atomic E-state index is 11.4. The molecule has 0 aliphatic heterocycles. The van der Waals surface area contributed by atoms with E-state index in [0.29, 0.717) is 23.7 Å². The van der Waals surface area contributed by atoms with Gasteiger partial charge in [-0.1, -0.05) is 21.7 Å². The quantitative estimate of drug-likeness (QED) is 0.0346. The van der Waals surface area contributed by atoms with Crippen molar-refractivity contribution in [1.82, 2.24) is 14.5 Å². The van der Waals surface area contributed by atoms with Gasteiger partial charge in [-0.15, -0.1) is 10.2 Å². The molecule has 0 amide bonds. The fraction of sp³-hybridized carbons (Fsp3) is 0.229. The lowest BCUT2D eigenvalue weighted by atomic mass is 10.1. The topological polar surface area (TPSA) is 202 Å². The van der Waals surface area contributed by atoms with Gasteiger partial charge in [0.2, 0.25) is 23.6 Å². The van der Waals surface area contributed by atoms with Crippen molar-refractivity contribution in [3.05, 3.63) is 119 Å². The highest BCUT2D eigenvalue weighted by molar-refractivity contribution is 8.02. The van der Waals surface area contributed by atoms with Crippen LogP contribution in [0.15, 0.2) is 112 Å². The highest BCUT2D eigenvalue weighted by Gasteiger charge is 2.35. The minimum absolute atomic E-state index is 0.0782. The Bertz CT molecular complexity index is 2050. The number of benzene rings is 4. The van der Waals surface area contributed by atoms with Crippen LogP contribution < -0.4 is 18.5 Å². The monoisotopic (exact) mass is 895 g/mol. The third-order valence-corrected chi connectivity index (χ3v) is 12.7. The van der Waals surface area contributed by atoms with Crippen molar-refractivity contribution in [2.24, 2.45) is 15.2 Å². The predicted molar refractivity (Wildman–Crippen MR) is 232 cm³/mol. The van der Waals surface area contributed by atoms with Crippen molar-refractivity contribution in [3.63, 3.8) is 0 Å². The number of ether oxygens (including phenoxy) is 2. The van der Waals surface area contributed by atoms with Crippen molar-refractivity contribution in [2.45, 2.75) is 6.42 Å². The van der Waals surface area contributed by atoms with Gasteiger partial charge in [0.1, 0.15) is 17.8 Å². The van der Waals surface area contributed by atoms with Gasteiger partial charge in [-0.2, -0.15) is 14.7 Å². The summed E-state index contributed by atoms with van der Waals surface area (Å²) in [5.74, 6) is 2.54. The lowest BCUT2D eigenvalue weighted by molar-refractivity contribution is 0.261. The fourth-order valence-electron chi connectivity index (χ4n) is 4.61. The first-order valence-electron chi connectivity index (χ1n) is 16.8. The number of hydrogen-bond acceptors (Lipinski definition) is 14. The Morgan fingerprint density at radius 1 is 0.702 bits per heavy atom. The molecule has 0 spiro atoms. The molecule has 0 heterocycles. The first-order valence-corrected chi connectivity index (χ1v) is 24.9. The molecule has 4 rings (SSSR count). The summed E-state index contributed by atoms with van der Waals surface area (Å²) in [5, 5.41) is 8.79. The molecule has 57 heavy (non-hydrogen) atoms. The van der Waals surface area contributed by atoms with E-state index in [0.717, 1.165) is 32.9 Å². The molecule has 0 fully saturated rings. The normalized spacial score (nSPS) is 12.6. The molecule has 0 bridgehead atoms. The van der Waals surface area contributed by atoms with E-state index in [1.165, 1.54) is 0 Å². The maximum absolute atomic E-state index is 11.4. The van der Waals surface area contributed by atoms with E-state index in [9.17, 15) is 29.0 Å². The molecule has 16 nitrogen and oxygen atoms in total. The number of methoxy groups -OCH3 is 1. The lowest BCUT2D eigenvalue weighted by Gasteiger charge is -2.21. The molecule has 0 aliphatic rings. The van der Waals surface area contributed by atoms with E-state index in [1.54, 1.807) is 73.7 Å². The van der Waals surface area contributed by atoms with Crippen LogP contribution in [0.3, 0.4) is 0 Å². The summed E-state index contributed by atoms with van der Waals surface area (Å²) < 4.78 is 37.3. The third kappa shape index (κ3) is 17.7. The number of rotatable bonds is 22. The van der Waals surface area contributed by atoms with E-state index in [-0.39, 0.29) is 13.3 Å². The van der Waals surface area contributed by atoms with Crippen LogP contribution in [0.4, 0.5) is 0 Å². The molecule has 5 N–H and O–H groups in total. The highest BCUT2D eigenvalue weighted by atomic mass is 32.4. The van der Waals surface area contributed by atoms with Gasteiger partial charge in [0.15, 0.2) is 24.5 Å². The molecule has 22 heteroatoms. The van der Waals surface area contributed by atoms with Crippen LogP contribution in [0.5, 0.6) is 23.0 Å². The molecule has 0 aromatic heterocycles. The summed E-state index contributed by atoms with van der Waals surface area (Å²) >= 11 is 11.0. The van der Waals surface area contributed by atoms with Gasteiger partial charge in [-0.3, -0.25) is 23.5 Å². The maximum Gasteiger partial charge on any atom is 0.540 e. The standard InChI is InChI=1S/C35H41N6O10P4S2/c1-39(37-23-30-6-12-32(48-3)13-7-30)53(57)51-35-18-10-29(11-19-35)22-36-25-49-33-14-8-31(9-15-33)24-38-40(2)52(56)50-34-16-4-28(5-17-34)20-21-41(26-54(42,43)44)27-55(45,46)47/h4-19,22-24,42-44H,20-21,25-27H2,1-3H3/q+1/p+2/b36-22?,37-23+,38-24+. The Balaban J connectivity index is 1.16. The summed E-state index contributed by atoms with van der Waals surface area (Å²) in [6.45, 7) is 0.199. The summed E-state index contributed by atoms with van der Waals surface area (Å²) in [4.78, 5) is 52.1. The fourth-order valence-corrected chi connectivity index (χ4v) is 8.19. The zero-order valence-corrected chi connectivity index (χ0v) is 36.3. The summed E-state index contributed by atoms with van der Waals surface area (Å²) in [6, 6.07) is 29.2. The number of hydrogen-bond donors (Lipinski definition) is 5. The molecular weight excluding hydrogens is 852 g/mol. The Morgan fingerprint density at radius 2 is 1.14 bits per heavy atom. The molecule has 2 atom stereocenters. The van der Waals surface area contributed by atoms with Crippen molar-refractivity contribution in [3.8, 4) is 23.0 Å². The van der Waals surface area contributed by atoms with Gasteiger partial charge in [-0.05, 0) is 114 Å². The summed E-state index contributed by atoms with van der Waals surface area (Å²) in [6.07, 6.45) is 4.04. The third-order valence-electron chi connectivity index (χ3n) is 7.42. The summed E-state index contributed by atoms with van der Waals surface area (Å²) in [7, 11) is -6.58. The van der Waals surface area contributed by atoms with Crippen molar-refractivity contribution in [2.75, 3.05) is 47.1 Å². The summed E-state index contributed by atoms with van der Waals surface area (Å²) in [5.41, 5.74) is 3.40. The van der Waals surface area contributed by atoms with Crippen molar-refractivity contribution >= 4 is 71.9 Å². The Hall–Kier alpha value is -3.85. The minimum atomic E-state index is -4.47. The van der Waals surface area contributed by atoms with Gasteiger partial charge >= 0.3 is 29.7 Å². The highest BCUT2D eigenvalue weighted by Crippen LogP contribution is 2.47. The zero-order chi connectivity index (χ0) is 41.4. The molecule has 4 aromatic carbocycles. The lowest BCUT2D eigenvalue weighted by Crippen LogP contribution is -2.29. The minimum Gasteiger partial charge on any atom is -0.497 e. The predicted octanol–water partition coefficient (Wildman–Crippen LogP) is 6.06. The van der Waals surface area contributed by atoms with Gasteiger partial charge < -0.3 is 19.3 Å². The van der Waals surface area contributed by atoms with Gasteiger partial charge in [0.05, 0.1) is 33.6 Å². The van der Waals surface area contributed by atoms with Crippen LogP contribution in [0, 0.1) is 0 Å². The average Bonchev–Trinajstić information content (AvgIpc) is 3.17. The van der Waals surface area contributed by atoms with Crippen LogP contribution in [-0.4, -0.2) is 105 Å². The van der Waals surface area contributed by atoms with Crippen molar-refractivity contribution in [1.29, 1.82) is 0 Å². The largest absolute Gasteiger partial charge is 0.540 e. The Morgan fingerprint density at radius 3 is 1.60 bits per heavy atom. The Kier molecular flexibility index (Phi) is 18.0. The average molecular weight is 896 g/mol. The molecule has 0 saturated carbocycles. The van der Waals surface area contributed by atoms with E-state index >= 15 is 0 Å². The molecule has 0 aliphatic carbocycles. The van der Waals surface area contributed by atoms with E-state index in [4.69, 9.17) is 42.1 Å². The van der Waals surface area contributed by atoms with Gasteiger partial charge in [0.25, 0.3) is 0 Å². The SMILES string of the molecule is COc1ccc(/C=N/N(C)[P+](=S)Oc2ccc(C=NCOc3ccc(/C=N/N(C)[P+](=S)Oc4ccc(CCN(CP(=O)(O)O)C[P+](O)(O)O)cc4)cc3)cc2)cc1. The van der Waals surface area contributed by atoms with Crippen molar-refractivity contribution < 1.29 is 47.6 Å². The number of hydrazone groups is 2. The first kappa shape index (κ1) is 45.8. The zero-order valence-electron chi connectivity index (χ0n) is 31.1. The van der Waals surface area contributed by atoms with Crippen LogP contribution in [-0.2, 0) is 34.6 Å². The second-order valence-electron chi connectivity index (χ2n) is 12.1. The Labute approximate surface area is 343 Å². The molecule has 2 unspecified atom stereocenters. The van der Waals surface area contributed by atoms with Gasteiger partial charge in [-0.25, -0.2) is 0 Å². The van der Waals surface area contributed by atoms with E-state index in [1.807, 2.05) is 72.8 Å². The van der Waals surface area contributed by atoms with Gasteiger partial charge in [0, 0.05) is 12.8 Å². The second kappa shape index (κ2) is 22.3.